The van der Waals surface area contributed by atoms with Crippen molar-refractivity contribution >= 4 is 11.7 Å². The Bertz CT molecular complexity index is 327. The molecule has 74 valence electrons. The summed E-state index contributed by atoms with van der Waals surface area (Å²) in [6.45, 7) is 0.838. The average Bonchev–Trinajstić information content (AvgIpc) is 2.67. The van der Waals surface area contributed by atoms with E-state index in [1.807, 2.05) is 4.90 Å². The third-order valence-corrected chi connectivity index (χ3v) is 2.44. The van der Waals surface area contributed by atoms with Gasteiger partial charge in [0.25, 0.3) is 0 Å². The predicted molar refractivity (Wildman–Crippen MR) is 51.6 cm³/mol. The summed E-state index contributed by atoms with van der Waals surface area (Å²) in [7, 11) is 0. The quantitative estimate of drug-likeness (QED) is 0.712. The second-order valence-corrected chi connectivity index (χ2v) is 3.32. The summed E-state index contributed by atoms with van der Waals surface area (Å²) >= 11 is 0. The highest BCUT2D eigenvalue weighted by Gasteiger charge is 2.29. The molecule has 1 unspecified atom stereocenters. The Balaban J connectivity index is 2.22. The van der Waals surface area contributed by atoms with E-state index in [0.717, 1.165) is 25.2 Å². The van der Waals surface area contributed by atoms with Crippen LogP contribution in [0.3, 0.4) is 0 Å². The molecule has 14 heavy (non-hydrogen) atoms. The van der Waals surface area contributed by atoms with Gasteiger partial charge in [0.1, 0.15) is 18.2 Å². The van der Waals surface area contributed by atoms with Crippen LogP contribution in [-0.2, 0) is 4.79 Å². The Morgan fingerprint density at radius 2 is 2.50 bits per heavy atom. The summed E-state index contributed by atoms with van der Waals surface area (Å²) in [5.74, 6) is 0.502. The molecule has 1 aromatic heterocycles. The highest BCUT2D eigenvalue weighted by atomic mass is 16.1. The van der Waals surface area contributed by atoms with E-state index in [0.29, 0.717) is 0 Å². The van der Waals surface area contributed by atoms with Crippen LogP contribution in [0.1, 0.15) is 12.8 Å². The van der Waals surface area contributed by atoms with Gasteiger partial charge < -0.3 is 10.6 Å². The van der Waals surface area contributed by atoms with Crippen molar-refractivity contribution in [2.24, 2.45) is 5.73 Å². The molecule has 0 radical (unpaired) electrons. The number of nitrogens with zero attached hydrogens (tertiary/aromatic N) is 3. The third-order valence-electron chi connectivity index (χ3n) is 2.44. The molecule has 1 fully saturated rings. The maximum atomic E-state index is 11.1. The summed E-state index contributed by atoms with van der Waals surface area (Å²) in [6.07, 6.45) is 4.95. The summed E-state index contributed by atoms with van der Waals surface area (Å²) in [5, 5.41) is 0. The average molecular weight is 192 g/mol. The number of aromatic nitrogens is 2. The van der Waals surface area contributed by atoms with E-state index in [4.69, 9.17) is 5.73 Å². The third kappa shape index (κ3) is 1.53. The van der Waals surface area contributed by atoms with Crippen molar-refractivity contribution in [1.82, 2.24) is 9.97 Å². The molecule has 2 rings (SSSR count). The Kier molecular flexibility index (Phi) is 2.30. The normalized spacial score (nSPS) is 21.1. The minimum absolute atomic E-state index is 0.204. The van der Waals surface area contributed by atoms with Gasteiger partial charge in [0, 0.05) is 12.7 Å². The first kappa shape index (κ1) is 8.93. The number of hydrogen-bond acceptors (Lipinski definition) is 4. The zero-order valence-electron chi connectivity index (χ0n) is 7.76. The summed E-state index contributed by atoms with van der Waals surface area (Å²) < 4.78 is 0. The molecular formula is C9H12N4O. The molecule has 2 heterocycles. The molecule has 5 heteroatoms. The first-order valence-electron chi connectivity index (χ1n) is 4.61. The van der Waals surface area contributed by atoms with Gasteiger partial charge in [-0.1, -0.05) is 0 Å². The highest BCUT2D eigenvalue weighted by molar-refractivity contribution is 5.83. The molecule has 2 N–H and O–H groups in total. The number of carbonyl (C=O) groups is 1. The van der Waals surface area contributed by atoms with Gasteiger partial charge in [0.2, 0.25) is 5.91 Å². The molecule has 1 saturated heterocycles. The van der Waals surface area contributed by atoms with Gasteiger partial charge in [0.15, 0.2) is 0 Å². The molecule has 1 aliphatic rings. The minimum Gasteiger partial charge on any atom is -0.368 e. The second-order valence-electron chi connectivity index (χ2n) is 3.32. The SMILES string of the molecule is NC(=O)C1CCCN1c1ccncn1. The van der Waals surface area contributed by atoms with Gasteiger partial charge >= 0.3 is 0 Å². The van der Waals surface area contributed by atoms with Crippen LogP contribution >= 0.6 is 0 Å². The van der Waals surface area contributed by atoms with E-state index in [1.54, 1.807) is 12.3 Å². The first-order chi connectivity index (χ1) is 6.79. The Hall–Kier alpha value is -1.65. The van der Waals surface area contributed by atoms with Crippen LogP contribution in [0.4, 0.5) is 5.82 Å². The molecule has 1 atom stereocenters. The van der Waals surface area contributed by atoms with Crippen LogP contribution < -0.4 is 10.6 Å². The summed E-state index contributed by atoms with van der Waals surface area (Å²) in [4.78, 5) is 21.0. The van der Waals surface area contributed by atoms with Crippen LogP contribution in [0.5, 0.6) is 0 Å². The Morgan fingerprint density at radius 1 is 1.64 bits per heavy atom. The molecule has 1 aromatic rings. The van der Waals surface area contributed by atoms with Crippen LogP contribution in [0.25, 0.3) is 0 Å². The highest BCUT2D eigenvalue weighted by Crippen LogP contribution is 2.22. The lowest BCUT2D eigenvalue weighted by Gasteiger charge is -2.22. The van der Waals surface area contributed by atoms with Crippen molar-refractivity contribution in [3.8, 4) is 0 Å². The first-order valence-corrected chi connectivity index (χ1v) is 4.61. The van der Waals surface area contributed by atoms with Gasteiger partial charge in [-0.2, -0.15) is 0 Å². The van der Waals surface area contributed by atoms with Crippen molar-refractivity contribution in [1.29, 1.82) is 0 Å². The van der Waals surface area contributed by atoms with Gasteiger partial charge in [-0.3, -0.25) is 4.79 Å². The lowest BCUT2D eigenvalue weighted by atomic mass is 10.2. The summed E-state index contributed by atoms with van der Waals surface area (Å²) in [6, 6.07) is 1.59. The number of rotatable bonds is 2. The lowest BCUT2D eigenvalue weighted by molar-refractivity contribution is -0.119. The van der Waals surface area contributed by atoms with Gasteiger partial charge in [-0.25, -0.2) is 9.97 Å². The van der Waals surface area contributed by atoms with Crippen molar-refractivity contribution in [2.45, 2.75) is 18.9 Å². The Morgan fingerprint density at radius 3 is 3.14 bits per heavy atom. The molecule has 0 bridgehead atoms. The zero-order valence-corrected chi connectivity index (χ0v) is 7.76. The van der Waals surface area contributed by atoms with Crippen LogP contribution in [-0.4, -0.2) is 28.5 Å². The minimum atomic E-state index is -0.277. The largest absolute Gasteiger partial charge is 0.368 e. The molecule has 1 aliphatic heterocycles. The lowest BCUT2D eigenvalue weighted by Crippen LogP contribution is -2.40. The van der Waals surface area contributed by atoms with Crippen molar-refractivity contribution in [3.05, 3.63) is 18.6 Å². The number of hydrogen-bond donors (Lipinski definition) is 1. The molecule has 0 spiro atoms. The number of primary amides is 1. The summed E-state index contributed by atoms with van der Waals surface area (Å²) in [5.41, 5.74) is 5.30. The van der Waals surface area contributed by atoms with Crippen molar-refractivity contribution in [3.63, 3.8) is 0 Å². The maximum absolute atomic E-state index is 11.1. The molecular weight excluding hydrogens is 180 g/mol. The molecule has 1 amide bonds. The van der Waals surface area contributed by atoms with Crippen LogP contribution in [0.2, 0.25) is 0 Å². The van der Waals surface area contributed by atoms with Gasteiger partial charge in [-0.05, 0) is 18.9 Å². The standard InChI is InChI=1S/C9H12N4O/c10-9(14)7-2-1-5-13(7)8-3-4-11-6-12-8/h3-4,6-7H,1-2,5H2,(H2,10,14). The van der Waals surface area contributed by atoms with E-state index in [-0.39, 0.29) is 11.9 Å². The van der Waals surface area contributed by atoms with Gasteiger partial charge in [0.05, 0.1) is 0 Å². The fraction of sp³-hybridized carbons (Fsp3) is 0.444. The number of nitrogens with two attached hydrogens (primary N) is 1. The van der Waals surface area contributed by atoms with E-state index < -0.39 is 0 Å². The fourth-order valence-electron chi connectivity index (χ4n) is 1.79. The predicted octanol–water partition coefficient (Wildman–Crippen LogP) is -0.0693. The van der Waals surface area contributed by atoms with E-state index in [1.165, 1.54) is 6.33 Å². The number of amides is 1. The van der Waals surface area contributed by atoms with Gasteiger partial charge in [-0.15, -0.1) is 0 Å². The Labute approximate surface area is 82.0 Å². The zero-order chi connectivity index (χ0) is 9.97. The molecule has 5 nitrogen and oxygen atoms in total. The van der Waals surface area contributed by atoms with E-state index in [9.17, 15) is 4.79 Å². The van der Waals surface area contributed by atoms with E-state index in [2.05, 4.69) is 9.97 Å². The number of carbonyl (C=O) groups excluding carboxylic acids is 1. The maximum Gasteiger partial charge on any atom is 0.240 e. The number of anilines is 1. The van der Waals surface area contributed by atoms with Crippen molar-refractivity contribution in [2.75, 3.05) is 11.4 Å². The molecule has 0 aromatic carbocycles. The van der Waals surface area contributed by atoms with Crippen molar-refractivity contribution < 1.29 is 4.79 Å². The molecule has 0 saturated carbocycles. The fourth-order valence-corrected chi connectivity index (χ4v) is 1.79. The van der Waals surface area contributed by atoms with Crippen LogP contribution in [0.15, 0.2) is 18.6 Å². The molecule has 0 aliphatic carbocycles. The second kappa shape index (κ2) is 3.61. The smallest absolute Gasteiger partial charge is 0.240 e. The van der Waals surface area contributed by atoms with E-state index >= 15 is 0 Å². The van der Waals surface area contributed by atoms with Crippen LogP contribution in [0, 0.1) is 0 Å². The topological polar surface area (TPSA) is 72.1 Å². The monoisotopic (exact) mass is 192 g/mol.